The fraction of sp³-hybridized carbons (Fsp3) is 0.625. The highest BCUT2D eigenvalue weighted by Gasteiger charge is 2.22. The van der Waals surface area contributed by atoms with Gasteiger partial charge in [0.15, 0.2) is 0 Å². The first-order valence-corrected chi connectivity index (χ1v) is 8.52. The molecule has 0 saturated carbocycles. The van der Waals surface area contributed by atoms with Crippen LogP contribution in [0.4, 0.5) is 5.69 Å². The van der Waals surface area contributed by atoms with Crippen LogP contribution in [0.5, 0.6) is 0 Å². The van der Waals surface area contributed by atoms with E-state index in [0.29, 0.717) is 5.02 Å². The van der Waals surface area contributed by atoms with Gasteiger partial charge in [0.25, 0.3) is 0 Å². The van der Waals surface area contributed by atoms with Gasteiger partial charge in [0.05, 0.1) is 17.2 Å². The zero-order chi connectivity index (χ0) is 15.0. The van der Waals surface area contributed by atoms with Crippen LogP contribution in [0.2, 0.25) is 5.02 Å². The summed E-state index contributed by atoms with van der Waals surface area (Å²) in [5.41, 5.74) is 0.700. The topological polar surface area (TPSA) is 32.3 Å². The second kappa shape index (κ2) is 8.91. The first kappa shape index (κ1) is 17.8. The van der Waals surface area contributed by atoms with Crippen LogP contribution in [0.25, 0.3) is 0 Å². The molecule has 1 rings (SSSR count). The summed E-state index contributed by atoms with van der Waals surface area (Å²) >= 11 is 9.42. The Morgan fingerprint density at radius 1 is 1.25 bits per heavy atom. The summed E-state index contributed by atoms with van der Waals surface area (Å²) in [6, 6.07) is 5.75. The highest BCUT2D eigenvalue weighted by Crippen LogP contribution is 2.28. The molecule has 0 aliphatic rings. The van der Waals surface area contributed by atoms with E-state index in [1.165, 1.54) is 25.7 Å². The molecule has 0 bridgehead atoms. The lowest BCUT2D eigenvalue weighted by molar-refractivity contribution is 0.211. The lowest BCUT2D eigenvalue weighted by atomic mass is 9.94. The molecule has 0 fully saturated rings. The molecular weight excluding hydrogens is 338 g/mol. The van der Waals surface area contributed by atoms with Crippen molar-refractivity contribution >= 4 is 33.2 Å². The first-order valence-electron chi connectivity index (χ1n) is 7.35. The number of unbranched alkanes of at least 4 members (excludes halogenated alkanes) is 4. The van der Waals surface area contributed by atoms with Crippen LogP contribution in [0.1, 0.15) is 52.4 Å². The Bertz CT molecular complexity index is 413. The molecule has 2 N–H and O–H groups in total. The minimum atomic E-state index is -0.278. The van der Waals surface area contributed by atoms with Crippen molar-refractivity contribution in [2.75, 3.05) is 11.9 Å². The molecule has 114 valence electrons. The third kappa shape index (κ3) is 6.02. The molecule has 1 unspecified atom stereocenters. The van der Waals surface area contributed by atoms with Crippen molar-refractivity contribution < 1.29 is 5.11 Å². The SMILES string of the molecule is CCCCCCCC(C)(CO)Nc1ccc(Cl)c(Br)c1. The van der Waals surface area contributed by atoms with Crippen molar-refractivity contribution in [1.29, 1.82) is 0 Å². The summed E-state index contributed by atoms with van der Waals surface area (Å²) in [5.74, 6) is 0. The molecular formula is C16H25BrClNO. The molecule has 1 aromatic rings. The lowest BCUT2D eigenvalue weighted by Crippen LogP contribution is -2.38. The fourth-order valence-electron chi connectivity index (χ4n) is 2.22. The van der Waals surface area contributed by atoms with Crippen LogP contribution >= 0.6 is 27.5 Å². The van der Waals surface area contributed by atoms with Crippen LogP contribution < -0.4 is 5.32 Å². The van der Waals surface area contributed by atoms with Crippen LogP contribution in [0, 0.1) is 0 Å². The first-order chi connectivity index (χ1) is 9.50. The highest BCUT2D eigenvalue weighted by molar-refractivity contribution is 9.10. The Hall–Kier alpha value is -0.250. The molecule has 0 aliphatic heterocycles. The molecule has 20 heavy (non-hydrogen) atoms. The molecule has 0 amide bonds. The number of nitrogens with one attached hydrogen (secondary N) is 1. The number of hydrogen-bond donors (Lipinski definition) is 2. The molecule has 0 saturated heterocycles. The predicted molar refractivity (Wildman–Crippen MR) is 91.6 cm³/mol. The molecule has 0 heterocycles. The van der Waals surface area contributed by atoms with E-state index in [9.17, 15) is 5.11 Å². The summed E-state index contributed by atoms with van der Waals surface area (Å²) in [6.07, 6.45) is 7.17. The number of aliphatic hydroxyl groups is 1. The quantitative estimate of drug-likeness (QED) is 0.558. The number of rotatable bonds is 9. The van der Waals surface area contributed by atoms with Crippen molar-refractivity contribution in [2.45, 2.75) is 57.9 Å². The Labute approximate surface area is 136 Å². The van der Waals surface area contributed by atoms with Gasteiger partial charge in [-0.1, -0.05) is 50.6 Å². The molecule has 0 aromatic heterocycles. The maximum atomic E-state index is 9.67. The van der Waals surface area contributed by atoms with Gasteiger partial charge in [-0.05, 0) is 47.5 Å². The van der Waals surface area contributed by atoms with E-state index >= 15 is 0 Å². The second-order valence-corrected chi connectivity index (χ2v) is 6.90. The summed E-state index contributed by atoms with van der Waals surface area (Å²) in [7, 11) is 0. The number of benzene rings is 1. The third-order valence-corrected chi connectivity index (χ3v) is 4.76. The van der Waals surface area contributed by atoms with Crippen molar-refractivity contribution in [1.82, 2.24) is 0 Å². The van der Waals surface area contributed by atoms with Crippen molar-refractivity contribution in [2.24, 2.45) is 0 Å². The van der Waals surface area contributed by atoms with E-state index in [2.05, 4.69) is 35.1 Å². The van der Waals surface area contributed by atoms with Gasteiger partial charge in [-0.3, -0.25) is 0 Å². The predicted octanol–water partition coefficient (Wildman–Crippen LogP) is 5.63. The molecule has 0 radical (unpaired) electrons. The van der Waals surface area contributed by atoms with E-state index in [1.807, 2.05) is 18.2 Å². The molecule has 4 heteroatoms. The molecule has 1 aromatic carbocycles. The van der Waals surface area contributed by atoms with Crippen LogP contribution in [0.3, 0.4) is 0 Å². The van der Waals surface area contributed by atoms with Crippen molar-refractivity contribution in [3.8, 4) is 0 Å². The Morgan fingerprint density at radius 3 is 2.55 bits per heavy atom. The maximum Gasteiger partial charge on any atom is 0.0658 e. The van der Waals surface area contributed by atoms with Gasteiger partial charge in [-0.15, -0.1) is 0 Å². The Morgan fingerprint density at radius 2 is 1.95 bits per heavy atom. The van der Waals surface area contributed by atoms with Crippen LogP contribution in [-0.4, -0.2) is 17.3 Å². The van der Waals surface area contributed by atoms with E-state index in [-0.39, 0.29) is 12.1 Å². The smallest absolute Gasteiger partial charge is 0.0658 e. The zero-order valence-electron chi connectivity index (χ0n) is 12.4. The van der Waals surface area contributed by atoms with Gasteiger partial charge in [-0.2, -0.15) is 0 Å². The van der Waals surface area contributed by atoms with Crippen molar-refractivity contribution in [3.05, 3.63) is 27.7 Å². The van der Waals surface area contributed by atoms with Crippen molar-refractivity contribution in [3.63, 3.8) is 0 Å². The average molecular weight is 363 g/mol. The average Bonchev–Trinajstić information content (AvgIpc) is 2.43. The zero-order valence-corrected chi connectivity index (χ0v) is 14.7. The van der Waals surface area contributed by atoms with Crippen LogP contribution in [0.15, 0.2) is 22.7 Å². The standard InChI is InChI=1S/C16H25BrClNO/c1-3-4-5-6-7-10-16(2,12-20)19-13-8-9-15(18)14(17)11-13/h8-9,11,19-20H,3-7,10,12H2,1-2H3. The largest absolute Gasteiger partial charge is 0.394 e. The highest BCUT2D eigenvalue weighted by atomic mass is 79.9. The normalized spacial score (nSPS) is 14.1. The minimum Gasteiger partial charge on any atom is -0.394 e. The summed E-state index contributed by atoms with van der Waals surface area (Å²) in [4.78, 5) is 0. The van der Waals surface area contributed by atoms with Gasteiger partial charge in [-0.25, -0.2) is 0 Å². The summed E-state index contributed by atoms with van der Waals surface area (Å²) < 4.78 is 0.868. The Balaban J connectivity index is 2.52. The number of anilines is 1. The Kier molecular flexibility index (Phi) is 7.93. The molecule has 2 nitrogen and oxygen atoms in total. The summed E-state index contributed by atoms with van der Waals surface area (Å²) in [6.45, 7) is 4.41. The number of hydrogen-bond acceptors (Lipinski definition) is 2. The monoisotopic (exact) mass is 361 g/mol. The molecule has 0 spiro atoms. The van der Waals surface area contributed by atoms with E-state index in [1.54, 1.807) is 0 Å². The van der Waals surface area contributed by atoms with Gasteiger partial charge < -0.3 is 10.4 Å². The van der Waals surface area contributed by atoms with Gasteiger partial charge in [0, 0.05) is 10.2 Å². The maximum absolute atomic E-state index is 9.67. The van der Waals surface area contributed by atoms with Crippen LogP contribution in [-0.2, 0) is 0 Å². The van der Waals surface area contributed by atoms with E-state index < -0.39 is 0 Å². The van der Waals surface area contributed by atoms with Gasteiger partial charge >= 0.3 is 0 Å². The lowest BCUT2D eigenvalue weighted by Gasteiger charge is -2.30. The summed E-state index contributed by atoms with van der Waals surface area (Å²) in [5, 5.41) is 13.8. The second-order valence-electron chi connectivity index (χ2n) is 5.64. The van der Waals surface area contributed by atoms with Gasteiger partial charge in [0.2, 0.25) is 0 Å². The minimum absolute atomic E-state index is 0.126. The fourth-order valence-corrected chi connectivity index (χ4v) is 2.72. The number of aliphatic hydroxyl groups excluding tert-OH is 1. The molecule has 0 aliphatic carbocycles. The third-order valence-electron chi connectivity index (χ3n) is 3.55. The van der Waals surface area contributed by atoms with E-state index in [0.717, 1.165) is 23.0 Å². The van der Waals surface area contributed by atoms with Gasteiger partial charge in [0.1, 0.15) is 0 Å². The van der Waals surface area contributed by atoms with E-state index in [4.69, 9.17) is 11.6 Å². The number of halogens is 2. The molecule has 1 atom stereocenters.